The summed E-state index contributed by atoms with van der Waals surface area (Å²) in [5.41, 5.74) is 0.274. The van der Waals surface area contributed by atoms with Crippen LogP contribution >= 0.6 is 23.5 Å². The first-order valence-corrected chi connectivity index (χ1v) is 7.38. The first-order chi connectivity index (χ1) is 7.70. The van der Waals surface area contributed by atoms with E-state index in [0.29, 0.717) is 13.0 Å². The van der Waals surface area contributed by atoms with Gasteiger partial charge in [-0.3, -0.25) is 4.79 Å². The number of carbonyl (C=O) groups excluding carboxylic acids is 2. The van der Waals surface area contributed by atoms with Crippen LogP contribution in [0.3, 0.4) is 0 Å². The molecule has 1 saturated heterocycles. The molecule has 0 saturated carbocycles. The Morgan fingerprint density at radius 3 is 2.38 bits per heavy atom. The molecule has 5 heteroatoms. The predicted octanol–water partition coefficient (Wildman–Crippen LogP) is 2.61. The van der Waals surface area contributed by atoms with E-state index in [0.717, 1.165) is 22.2 Å². The Morgan fingerprint density at radius 2 is 1.88 bits per heavy atom. The molecule has 0 aromatic rings. The Hall–Kier alpha value is -0.420. The van der Waals surface area contributed by atoms with Gasteiger partial charge in [0.05, 0.1) is 10.8 Å². The zero-order valence-electron chi connectivity index (χ0n) is 9.58. The third-order valence-electron chi connectivity index (χ3n) is 1.99. The van der Waals surface area contributed by atoms with Gasteiger partial charge in [-0.1, -0.05) is 6.92 Å². The SMILES string of the molecule is CCCC(=O)C(C(=O)OCC)=C1SCCS1. The van der Waals surface area contributed by atoms with Crippen LogP contribution in [0.25, 0.3) is 0 Å². The van der Waals surface area contributed by atoms with Crippen molar-refractivity contribution in [1.29, 1.82) is 0 Å². The van der Waals surface area contributed by atoms with Crippen molar-refractivity contribution in [3.8, 4) is 0 Å². The highest BCUT2D eigenvalue weighted by Gasteiger charge is 2.26. The Labute approximate surface area is 104 Å². The van der Waals surface area contributed by atoms with E-state index < -0.39 is 5.97 Å². The lowest BCUT2D eigenvalue weighted by atomic mass is 10.1. The topological polar surface area (TPSA) is 43.4 Å². The standard InChI is InChI=1S/C11H16O3S2/c1-3-5-8(12)9(10(13)14-4-2)11-15-6-7-16-11/h3-7H2,1-2H3. The van der Waals surface area contributed by atoms with Crippen LogP contribution in [0.15, 0.2) is 9.81 Å². The summed E-state index contributed by atoms with van der Waals surface area (Å²) in [7, 11) is 0. The highest BCUT2D eigenvalue weighted by Crippen LogP contribution is 2.39. The minimum atomic E-state index is -0.460. The molecule has 0 spiro atoms. The summed E-state index contributed by atoms with van der Waals surface area (Å²) in [5.74, 6) is 1.38. The summed E-state index contributed by atoms with van der Waals surface area (Å²) in [6, 6.07) is 0. The third kappa shape index (κ3) is 3.56. The van der Waals surface area contributed by atoms with Gasteiger partial charge in [-0.15, -0.1) is 23.5 Å². The van der Waals surface area contributed by atoms with Crippen molar-refractivity contribution in [2.24, 2.45) is 0 Å². The minimum absolute atomic E-state index is 0.0853. The zero-order valence-corrected chi connectivity index (χ0v) is 11.2. The average Bonchev–Trinajstić information content (AvgIpc) is 2.72. The highest BCUT2D eigenvalue weighted by atomic mass is 32.2. The first-order valence-electron chi connectivity index (χ1n) is 5.40. The lowest BCUT2D eigenvalue weighted by Gasteiger charge is -2.07. The summed E-state index contributed by atoms with van der Waals surface area (Å²) in [6.45, 7) is 3.99. The molecule has 0 unspecified atom stereocenters. The molecule has 16 heavy (non-hydrogen) atoms. The smallest absolute Gasteiger partial charge is 0.343 e. The van der Waals surface area contributed by atoms with Gasteiger partial charge in [0.25, 0.3) is 0 Å². The van der Waals surface area contributed by atoms with E-state index in [-0.39, 0.29) is 11.4 Å². The molecule has 0 radical (unpaired) electrons. The number of hydrogen-bond acceptors (Lipinski definition) is 5. The Morgan fingerprint density at radius 1 is 1.25 bits per heavy atom. The van der Waals surface area contributed by atoms with E-state index in [1.165, 1.54) is 0 Å². The van der Waals surface area contributed by atoms with Gasteiger partial charge in [-0.05, 0) is 13.3 Å². The van der Waals surface area contributed by atoms with E-state index in [2.05, 4.69) is 0 Å². The van der Waals surface area contributed by atoms with Crippen molar-refractivity contribution in [3.63, 3.8) is 0 Å². The monoisotopic (exact) mass is 260 g/mol. The van der Waals surface area contributed by atoms with Gasteiger partial charge in [0.2, 0.25) is 0 Å². The van der Waals surface area contributed by atoms with E-state index in [4.69, 9.17) is 4.74 Å². The molecule has 1 fully saturated rings. The Bertz CT molecular complexity index is 282. The lowest BCUT2D eigenvalue weighted by molar-refractivity contribution is -0.140. The molecule has 1 aliphatic heterocycles. The van der Waals surface area contributed by atoms with Crippen molar-refractivity contribution in [1.82, 2.24) is 0 Å². The highest BCUT2D eigenvalue weighted by molar-refractivity contribution is 8.25. The fourth-order valence-corrected chi connectivity index (χ4v) is 3.87. The third-order valence-corrected chi connectivity index (χ3v) is 4.70. The zero-order chi connectivity index (χ0) is 12.0. The molecule has 0 atom stereocenters. The summed E-state index contributed by atoms with van der Waals surface area (Å²) < 4.78 is 5.78. The fraction of sp³-hybridized carbons (Fsp3) is 0.636. The van der Waals surface area contributed by atoms with E-state index in [1.54, 1.807) is 30.4 Å². The van der Waals surface area contributed by atoms with Crippen LogP contribution in [0.5, 0.6) is 0 Å². The molecule has 0 aromatic carbocycles. The number of esters is 1. The average molecular weight is 260 g/mol. The van der Waals surface area contributed by atoms with Gasteiger partial charge in [0, 0.05) is 17.9 Å². The molecule has 1 heterocycles. The largest absolute Gasteiger partial charge is 0.462 e. The molecule has 0 aliphatic carbocycles. The molecule has 90 valence electrons. The maximum Gasteiger partial charge on any atom is 0.343 e. The maximum atomic E-state index is 11.9. The Kier molecular flexibility index (Phi) is 5.98. The van der Waals surface area contributed by atoms with E-state index >= 15 is 0 Å². The number of hydrogen-bond donors (Lipinski definition) is 0. The van der Waals surface area contributed by atoms with Gasteiger partial charge in [-0.2, -0.15) is 0 Å². The second-order valence-corrected chi connectivity index (χ2v) is 5.72. The van der Waals surface area contributed by atoms with Gasteiger partial charge < -0.3 is 4.74 Å². The Balaban J connectivity index is 2.88. The number of rotatable bonds is 5. The molecule has 1 rings (SSSR count). The van der Waals surface area contributed by atoms with Crippen LogP contribution in [-0.2, 0) is 14.3 Å². The number of thioether (sulfide) groups is 2. The summed E-state index contributed by atoms with van der Waals surface area (Å²) in [4.78, 5) is 23.6. The van der Waals surface area contributed by atoms with Gasteiger partial charge in [0.15, 0.2) is 5.78 Å². The van der Waals surface area contributed by atoms with Gasteiger partial charge in [-0.25, -0.2) is 4.79 Å². The molecule has 0 aromatic heterocycles. The van der Waals surface area contributed by atoms with Crippen LogP contribution in [0, 0.1) is 0 Å². The predicted molar refractivity (Wildman–Crippen MR) is 68.5 cm³/mol. The normalized spacial score (nSPS) is 15.0. The van der Waals surface area contributed by atoms with Crippen molar-refractivity contribution >= 4 is 35.3 Å². The quantitative estimate of drug-likeness (QED) is 0.329. The van der Waals surface area contributed by atoms with Crippen molar-refractivity contribution in [2.45, 2.75) is 26.7 Å². The molecular formula is C11H16O3S2. The van der Waals surface area contributed by atoms with Crippen LogP contribution in [0.4, 0.5) is 0 Å². The molecule has 3 nitrogen and oxygen atoms in total. The number of ether oxygens (including phenoxy) is 1. The van der Waals surface area contributed by atoms with Crippen LogP contribution in [0.1, 0.15) is 26.7 Å². The number of Topliss-reactive ketones (excluding diaryl/α,β-unsaturated/α-hetero) is 1. The molecule has 0 bridgehead atoms. The van der Waals surface area contributed by atoms with Crippen molar-refractivity contribution in [3.05, 3.63) is 9.81 Å². The van der Waals surface area contributed by atoms with Crippen LogP contribution in [0.2, 0.25) is 0 Å². The van der Waals surface area contributed by atoms with E-state index in [9.17, 15) is 9.59 Å². The van der Waals surface area contributed by atoms with Gasteiger partial charge in [0.1, 0.15) is 5.57 Å². The second-order valence-electron chi connectivity index (χ2n) is 3.25. The van der Waals surface area contributed by atoms with Gasteiger partial charge >= 0.3 is 5.97 Å². The second kappa shape index (κ2) is 7.01. The molecular weight excluding hydrogens is 244 g/mol. The minimum Gasteiger partial charge on any atom is -0.462 e. The molecule has 1 aliphatic rings. The summed E-state index contributed by atoms with van der Waals surface area (Å²) in [5, 5.41) is 0. The number of ketones is 1. The first kappa shape index (κ1) is 13.6. The summed E-state index contributed by atoms with van der Waals surface area (Å²) >= 11 is 3.16. The lowest BCUT2D eigenvalue weighted by Crippen LogP contribution is -2.16. The number of carbonyl (C=O) groups is 2. The van der Waals surface area contributed by atoms with Crippen molar-refractivity contribution in [2.75, 3.05) is 18.1 Å². The van der Waals surface area contributed by atoms with Crippen LogP contribution in [-0.4, -0.2) is 29.9 Å². The maximum absolute atomic E-state index is 11.9. The van der Waals surface area contributed by atoms with E-state index in [1.807, 2.05) is 6.92 Å². The van der Waals surface area contributed by atoms with Crippen LogP contribution < -0.4 is 0 Å². The fourth-order valence-electron chi connectivity index (χ4n) is 1.32. The summed E-state index contributed by atoms with van der Waals surface area (Å²) in [6.07, 6.45) is 1.17. The van der Waals surface area contributed by atoms with Crippen molar-refractivity contribution < 1.29 is 14.3 Å². The molecule has 0 N–H and O–H groups in total. The molecule has 0 amide bonds.